The molecule has 4 heteroatoms. The number of ketones is 1. The number of methoxy groups -OCH3 is 1. The van der Waals surface area contributed by atoms with Gasteiger partial charge in [-0.05, 0) is 24.1 Å². The van der Waals surface area contributed by atoms with Crippen LogP contribution >= 0.6 is 11.8 Å². The number of carbonyl (C=O) groups excluding carboxylic acids is 1. The monoisotopic (exact) mass is 265 g/mol. The van der Waals surface area contributed by atoms with Crippen molar-refractivity contribution in [2.75, 3.05) is 25.2 Å². The first kappa shape index (κ1) is 13.4. The summed E-state index contributed by atoms with van der Waals surface area (Å²) in [6.07, 6.45) is 1.43. The van der Waals surface area contributed by atoms with Crippen LogP contribution in [0.25, 0.3) is 0 Å². The molecule has 1 saturated heterocycles. The molecule has 0 amide bonds. The maximum Gasteiger partial charge on any atom is 0.150 e. The van der Waals surface area contributed by atoms with Gasteiger partial charge in [-0.25, -0.2) is 0 Å². The van der Waals surface area contributed by atoms with Crippen LogP contribution in [0.2, 0.25) is 0 Å². The lowest BCUT2D eigenvalue weighted by atomic mass is 10.0. The Bertz CT molecular complexity index is 385. The summed E-state index contributed by atoms with van der Waals surface area (Å²) < 4.78 is 5.11. The molecule has 1 aliphatic rings. The van der Waals surface area contributed by atoms with E-state index in [4.69, 9.17) is 4.74 Å². The van der Waals surface area contributed by atoms with E-state index < -0.39 is 0 Å². The highest BCUT2D eigenvalue weighted by atomic mass is 32.2. The molecule has 3 nitrogen and oxygen atoms in total. The van der Waals surface area contributed by atoms with Crippen LogP contribution < -0.4 is 10.1 Å². The molecule has 2 rings (SSSR count). The van der Waals surface area contributed by atoms with E-state index in [1.54, 1.807) is 7.11 Å². The average Bonchev–Trinajstić information content (AvgIpc) is 2.46. The van der Waals surface area contributed by atoms with Crippen LogP contribution in [-0.2, 0) is 11.2 Å². The van der Waals surface area contributed by atoms with Crippen molar-refractivity contribution in [1.29, 1.82) is 0 Å². The van der Waals surface area contributed by atoms with Crippen LogP contribution in [0.4, 0.5) is 0 Å². The van der Waals surface area contributed by atoms with Crippen molar-refractivity contribution in [2.24, 2.45) is 0 Å². The van der Waals surface area contributed by atoms with E-state index in [9.17, 15) is 4.79 Å². The Morgan fingerprint density at radius 1 is 1.44 bits per heavy atom. The summed E-state index contributed by atoms with van der Waals surface area (Å²) in [4.78, 5) is 12.0. The molecular formula is C14H19NO2S. The summed E-state index contributed by atoms with van der Waals surface area (Å²) in [6, 6.07) is 7.98. The second kappa shape index (κ2) is 6.81. The minimum absolute atomic E-state index is 0.0574. The van der Waals surface area contributed by atoms with E-state index >= 15 is 0 Å². The fourth-order valence-electron chi connectivity index (χ4n) is 2.01. The molecule has 0 radical (unpaired) electrons. The molecule has 18 heavy (non-hydrogen) atoms. The molecule has 0 bridgehead atoms. The number of thioether (sulfide) groups is 1. The molecule has 1 unspecified atom stereocenters. The third-order valence-corrected chi connectivity index (χ3v) is 4.19. The van der Waals surface area contributed by atoms with E-state index in [1.165, 1.54) is 5.56 Å². The van der Waals surface area contributed by atoms with E-state index in [0.717, 1.165) is 30.2 Å². The van der Waals surface area contributed by atoms with Gasteiger partial charge in [0.2, 0.25) is 0 Å². The number of rotatable bonds is 5. The molecule has 0 saturated carbocycles. The highest BCUT2D eigenvalue weighted by Gasteiger charge is 2.20. The molecule has 1 aromatic carbocycles. The predicted octanol–water partition coefficient (Wildman–Crippen LogP) is 1.90. The van der Waals surface area contributed by atoms with Gasteiger partial charge in [0.25, 0.3) is 0 Å². The summed E-state index contributed by atoms with van der Waals surface area (Å²) in [6.45, 7) is 0.948. The van der Waals surface area contributed by atoms with E-state index in [0.29, 0.717) is 12.2 Å². The van der Waals surface area contributed by atoms with Crippen LogP contribution in [0.15, 0.2) is 24.3 Å². The second-order valence-electron chi connectivity index (χ2n) is 4.40. The van der Waals surface area contributed by atoms with Gasteiger partial charge in [0, 0.05) is 24.5 Å². The largest absolute Gasteiger partial charge is 0.497 e. The van der Waals surface area contributed by atoms with Gasteiger partial charge in [-0.3, -0.25) is 4.79 Å². The van der Waals surface area contributed by atoms with Crippen molar-refractivity contribution in [3.8, 4) is 5.75 Å². The van der Waals surface area contributed by atoms with Crippen molar-refractivity contribution in [3.63, 3.8) is 0 Å². The van der Waals surface area contributed by atoms with Gasteiger partial charge in [0.15, 0.2) is 5.78 Å². The van der Waals surface area contributed by atoms with E-state index in [1.807, 2.05) is 36.0 Å². The summed E-state index contributed by atoms with van der Waals surface area (Å²) in [5.41, 5.74) is 1.19. The third-order valence-electron chi connectivity index (χ3n) is 3.13. The average molecular weight is 265 g/mol. The standard InChI is InChI=1S/C14H19NO2S/c1-17-12-5-2-11(3-6-12)4-7-14(16)13-10-18-9-8-15-13/h2-3,5-6,13,15H,4,7-10H2,1H3. The van der Waals surface area contributed by atoms with Gasteiger partial charge in [0.1, 0.15) is 5.75 Å². The van der Waals surface area contributed by atoms with Crippen LogP contribution in [0, 0.1) is 0 Å². The molecular weight excluding hydrogens is 246 g/mol. The lowest BCUT2D eigenvalue weighted by Gasteiger charge is -2.21. The summed E-state index contributed by atoms with van der Waals surface area (Å²) in [5.74, 6) is 3.22. The smallest absolute Gasteiger partial charge is 0.150 e. The molecule has 1 heterocycles. The van der Waals surface area contributed by atoms with Crippen LogP contribution in [-0.4, -0.2) is 37.0 Å². The Kier molecular flexibility index (Phi) is 5.08. The second-order valence-corrected chi connectivity index (χ2v) is 5.55. The zero-order chi connectivity index (χ0) is 12.8. The number of carbonyl (C=O) groups is 1. The van der Waals surface area contributed by atoms with Crippen molar-refractivity contribution < 1.29 is 9.53 Å². The molecule has 98 valence electrons. The molecule has 1 atom stereocenters. The SMILES string of the molecule is COc1ccc(CCC(=O)C2CSCCN2)cc1. The van der Waals surface area contributed by atoms with Crippen molar-refractivity contribution in [3.05, 3.63) is 29.8 Å². The fourth-order valence-corrected chi connectivity index (χ4v) is 2.97. The van der Waals surface area contributed by atoms with Gasteiger partial charge in [-0.15, -0.1) is 0 Å². The minimum Gasteiger partial charge on any atom is -0.497 e. The van der Waals surface area contributed by atoms with Gasteiger partial charge >= 0.3 is 0 Å². The molecule has 1 N–H and O–H groups in total. The van der Waals surface area contributed by atoms with Gasteiger partial charge in [-0.1, -0.05) is 12.1 Å². The normalized spacial score (nSPS) is 19.5. The fraction of sp³-hybridized carbons (Fsp3) is 0.500. The number of aryl methyl sites for hydroxylation is 1. The molecule has 1 aromatic rings. The Hall–Kier alpha value is -1.00. The molecule has 0 aliphatic carbocycles. The summed E-state index contributed by atoms with van der Waals surface area (Å²) in [5, 5.41) is 3.28. The van der Waals surface area contributed by atoms with Crippen molar-refractivity contribution in [1.82, 2.24) is 5.32 Å². The van der Waals surface area contributed by atoms with Crippen LogP contribution in [0.1, 0.15) is 12.0 Å². The number of hydrogen-bond donors (Lipinski definition) is 1. The lowest BCUT2D eigenvalue weighted by Crippen LogP contribution is -2.43. The van der Waals surface area contributed by atoms with Crippen LogP contribution in [0.5, 0.6) is 5.75 Å². The Balaban J connectivity index is 1.80. The van der Waals surface area contributed by atoms with E-state index in [2.05, 4.69) is 5.32 Å². The molecule has 0 spiro atoms. The first-order valence-corrected chi connectivity index (χ1v) is 7.42. The Labute approximate surface area is 112 Å². The Morgan fingerprint density at radius 2 is 2.22 bits per heavy atom. The number of Topliss-reactive ketones (excluding diaryl/α,β-unsaturated/α-hetero) is 1. The maximum absolute atomic E-state index is 12.0. The maximum atomic E-state index is 12.0. The zero-order valence-corrected chi connectivity index (χ0v) is 11.5. The van der Waals surface area contributed by atoms with Gasteiger partial charge < -0.3 is 10.1 Å². The molecule has 0 aromatic heterocycles. The number of hydrogen-bond acceptors (Lipinski definition) is 4. The lowest BCUT2D eigenvalue weighted by molar-refractivity contribution is -0.120. The first-order chi connectivity index (χ1) is 8.79. The van der Waals surface area contributed by atoms with Crippen molar-refractivity contribution >= 4 is 17.5 Å². The quantitative estimate of drug-likeness (QED) is 0.882. The van der Waals surface area contributed by atoms with E-state index in [-0.39, 0.29) is 6.04 Å². The Morgan fingerprint density at radius 3 is 2.83 bits per heavy atom. The molecule has 1 aliphatic heterocycles. The van der Waals surface area contributed by atoms with Gasteiger partial charge in [-0.2, -0.15) is 11.8 Å². The topological polar surface area (TPSA) is 38.3 Å². The number of nitrogens with one attached hydrogen (secondary N) is 1. The first-order valence-electron chi connectivity index (χ1n) is 6.26. The zero-order valence-electron chi connectivity index (χ0n) is 10.6. The number of ether oxygens (including phenoxy) is 1. The van der Waals surface area contributed by atoms with Crippen molar-refractivity contribution in [2.45, 2.75) is 18.9 Å². The number of benzene rings is 1. The van der Waals surface area contributed by atoms with Crippen LogP contribution in [0.3, 0.4) is 0 Å². The predicted molar refractivity (Wildman–Crippen MR) is 75.4 cm³/mol. The summed E-state index contributed by atoms with van der Waals surface area (Å²) >= 11 is 1.86. The third kappa shape index (κ3) is 3.75. The minimum atomic E-state index is 0.0574. The summed E-state index contributed by atoms with van der Waals surface area (Å²) in [7, 11) is 1.66. The molecule has 1 fully saturated rings. The highest BCUT2D eigenvalue weighted by molar-refractivity contribution is 7.99. The van der Waals surface area contributed by atoms with Gasteiger partial charge in [0.05, 0.1) is 13.2 Å². The highest BCUT2D eigenvalue weighted by Crippen LogP contribution is 2.14.